The number of nitrogens with zero attached hydrogens (tertiary/aromatic N) is 3. The van der Waals surface area contributed by atoms with Gasteiger partial charge in [0.25, 0.3) is 0 Å². The molecule has 0 spiro atoms. The van der Waals surface area contributed by atoms with Crippen LogP contribution in [0.2, 0.25) is 0 Å². The molecule has 0 aliphatic carbocycles. The highest BCUT2D eigenvalue weighted by Gasteiger charge is 2.36. The number of benzene rings is 1. The first-order valence-corrected chi connectivity index (χ1v) is 8.97. The summed E-state index contributed by atoms with van der Waals surface area (Å²) in [4.78, 5) is 32.7. The maximum Gasteiger partial charge on any atom is 0.227 e. The number of rotatable bonds is 5. The number of likely N-dealkylation sites (N-methyl/N-ethyl adjacent to an activating group) is 1. The monoisotopic (exact) mass is 351 g/mol. The van der Waals surface area contributed by atoms with E-state index >= 15 is 0 Å². The summed E-state index contributed by atoms with van der Waals surface area (Å²) in [7, 11) is 1.81. The lowest BCUT2D eigenvalue weighted by molar-refractivity contribution is -0.134. The number of hydrogen-bond donors (Lipinski definition) is 0. The Morgan fingerprint density at radius 1 is 1.23 bits per heavy atom. The van der Waals surface area contributed by atoms with Gasteiger partial charge >= 0.3 is 0 Å². The van der Waals surface area contributed by atoms with Crippen LogP contribution in [0.3, 0.4) is 0 Å². The number of aromatic nitrogens is 1. The average Bonchev–Trinajstić information content (AvgIpc) is 3.01. The van der Waals surface area contributed by atoms with Crippen molar-refractivity contribution in [1.29, 1.82) is 0 Å². The Hall–Kier alpha value is -2.69. The van der Waals surface area contributed by atoms with Crippen molar-refractivity contribution < 1.29 is 9.59 Å². The molecule has 0 saturated carbocycles. The van der Waals surface area contributed by atoms with Crippen LogP contribution in [-0.2, 0) is 16.0 Å². The Kier molecular flexibility index (Phi) is 5.35. The molecule has 0 bridgehead atoms. The summed E-state index contributed by atoms with van der Waals surface area (Å²) in [6.07, 6.45) is 4.58. The number of aryl methyl sites for hydroxylation is 2. The third kappa shape index (κ3) is 3.93. The minimum absolute atomic E-state index is 0.0258. The van der Waals surface area contributed by atoms with E-state index < -0.39 is 0 Å². The second kappa shape index (κ2) is 7.68. The summed E-state index contributed by atoms with van der Waals surface area (Å²) in [6, 6.07) is 9.96. The number of amides is 2. The van der Waals surface area contributed by atoms with Crippen molar-refractivity contribution in [1.82, 2.24) is 9.88 Å². The predicted molar refractivity (Wildman–Crippen MR) is 102 cm³/mol. The quantitative estimate of drug-likeness (QED) is 0.832. The van der Waals surface area contributed by atoms with Crippen LogP contribution in [0, 0.1) is 19.8 Å². The topological polar surface area (TPSA) is 53.5 Å². The van der Waals surface area contributed by atoms with Crippen molar-refractivity contribution in [2.45, 2.75) is 26.7 Å². The highest BCUT2D eigenvalue weighted by molar-refractivity contribution is 6.00. The summed E-state index contributed by atoms with van der Waals surface area (Å²) >= 11 is 0. The fourth-order valence-electron chi connectivity index (χ4n) is 3.48. The molecule has 1 aliphatic heterocycles. The lowest BCUT2D eigenvalue weighted by atomic mass is 10.1. The van der Waals surface area contributed by atoms with Crippen molar-refractivity contribution in [3.05, 3.63) is 59.4 Å². The number of pyridine rings is 1. The lowest BCUT2D eigenvalue weighted by Gasteiger charge is -2.22. The maximum absolute atomic E-state index is 12.8. The van der Waals surface area contributed by atoms with Gasteiger partial charge in [0.1, 0.15) is 0 Å². The zero-order valence-corrected chi connectivity index (χ0v) is 15.6. The fourth-order valence-corrected chi connectivity index (χ4v) is 3.48. The van der Waals surface area contributed by atoms with Gasteiger partial charge in [0.15, 0.2) is 0 Å². The predicted octanol–water partition coefficient (Wildman–Crippen LogP) is 2.75. The van der Waals surface area contributed by atoms with Crippen LogP contribution in [0.5, 0.6) is 0 Å². The molecule has 2 heterocycles. The van der Waals surface area contributed by atoms with Crippen molar-refractivity contribution in [3.63, 3.8) is 0 Å². The van der Waals surface area contributed by atoms with Crippen LogP contribution in [0.25, 0.3) is 0 Å². The van der Waals surface area contributed by atoms with Gasteiger partial charge in [-0.15, -0.1) is 0 Å². The fraction of sp³-hybridized carbons (Fsp3) is 0.381. The Balaban J connectivity index is 1.63. The maximum atomic E-state index is 12.8. The largest absolute Gasteiger partial charge is 0.345 e. The van der Waals surface area contributed by atoms with E-state index in [1.807, 2.05) is 45.2 Å². The number of anilines is 1. The van der Waals surface area contributed by atoms with Crippen molar-refractivity contribution in [2.24, 2.45) is 5.92 Å². The van der Waals surface area contributed by atoms with Gasteiger partial charge in [-0.1, -0.05) is 17.7 Å². The molecule has 26 heavy (non-hydrogen) atoms. The van der Waals surface area contributed by atoms with Gasteiger partial charge in [-0.25, -0.2) is 0 Å². The molecule has 3 rings (SSSR count). The van der Waals surface area contributed by atoms with Gasteiger partial charge in [0.05, 0.1) is 5.92 Å². The van der Waals surface area contributed by atoms with Crippen LogP contribution in [0.1, 0.15) is 23.1 Å². The molecular formula is C21H25N3O2. The highest BCUT2D eigenvalue weighted by Crippen LogP contribution is 2.29. The molecular weight excluding hydrogens is 326 g/mol. The van der Waals surface area contributed by atoms with Crippen molar-refractivity contribution in [3.8, 4) is 0 Å². The molecule has 1 aromatic carbocycles. The summed E-state index contributed by atoms with van der Waals surface area (Å²) in [5.41, 5.74) is 4.30. The molecule has 1 atom stereocenters. The first-order valence-electron chi connectivity index (χ1n) is 8.97. The Morgan fingerprint density at radius 2 is 1.96 bits per heavy atom. The van der Waals surface area contributed by atoms with E-state index in [1.165, 1.54) is 5.56 Å². The standard InChI is InChI=1S/C21H25N3O2/c1-15-4-5-19(16(2)12-15)24-14-18(13-20(24)25)21(26)23(3)11-8-17-6-9-22-10-7-17/h4-7,9-10,12,18H,8,11,13-14H2,1-3H3. The van der Waals surface area contributed by atoms with E-state index in [0.29, 0.717) is 13.1 Å². The van der Waals surface area contributed by atoms with Gasteiger partial charge in [0.2, 0.25) is 11.8 Å². The molecule has 1 aliphatic rings. The van der Waals surface area contributed by atoms with Crippen LogP contribution in [0.15, 0.2) is 42.7 Å². The van der Waals surface area contributed by atoms with Gasteiger partial charge in [-0.2, -0.15) is 0 Å². The SMILES string of the molecule is Cc1ccc(N2CC(C(=O)N(C)CCc3ccncc3)CC2=O)c(C)c1. The lowest BCUT2D eigenvalue weighted by Crippen LogP contribution is -2.36. The first-order chi connectivity index (χ1) is 12.5. The molecule has 2 amide bonds. The summed E-state index contributed by atoms with van der Waals surface area (Å²) in [5.74, 6) is -0.205. The summed E-state index contributed by atoms with van der Waals surface area (Å²) < 4.78 is 0. The molecule has 5 nitrogen and oxygen atoms in total. The second-order valence-electron chi connectivity index (χ2n) is 7.06. The van der Waals surface area contributed by atoms with Crippen LogP contribution < -0.4 is 4.90 Å². The van der Waals surface area contributed by atoms with E-state index in [4.69, 9.17) is 0 Å². The third-order valence-corrected chi connectivity index (χ3v) is 4.98. The van der Waals surface area contributed by atoms with E-state index in [9.17, 15) is 9.59 Å². The van der Waals surface area contributed by atoms with Gasteiger partial charge in [0, 0.05) is 44.6 Å². The molecule has 5 heteroatoms. The van der Waals surface area contributed by atoms with Gasteiger partial charge in [-0.05, 0) is 49.6 Å². The molecule has 0 radical (unpaired) electrons. The zero-order valence-electron chi connectivity index (χ0n) is 15.6. The van der Waals surface area contributed by atoms with Crippen LogP contribution in [-0.4, -0.2) is 41.8 Å². The van der Waals surface area contributed by atoms with E-state index in [0.717, 1.165) is 23.2 Å². The number of carbonyl (C=O) groups excluding carboxylic acids is 2. The second-order valence-corrected chi connectivity index (χ2v) is 7.06. The normalized spacial score (nSPS) is 16.8. The van der Waals surface area contributed by atoms with Crippen molar-refractivity contribution >= 4 is 17.5 Å². The molecule has 1 unspecified atom stereocenters. The summed E-state index contributed by atoms with van der Waals surface area (Å²) in [5, 5.41) is 0. The molecule has 0 N–H and O–H groups in total. The minimum Gasteiger partial charge on any atom is -0.345 e. The van der Waals surface area contributed by atoms with E-state index in [-0.39, 0.29) is 24.2 Å². The minimum atomic E-state index is -0.273. The number of carbonyl (C=O) groups is 2. The Morgan fingerprint density at radius 3 is 2.65 bits per heavy atom. The summed E-state index contributed by atoms with van der Waals surface area (Å²) in [6.45, 7) is 5.14. The average molecular weight is 351 g/mol. The van der Waals surface area contributed by atoms with E-state index in [2.05, 4.69) is 11.1 Å². The highest BCUT2D eigenvalue weighted by atomic mass is 16.2. The molecule has 1 saturated heterocycles. The van der Waals surface area contributed by atoms with E-state index in [1.54, 1.807) is 22.2 Å². The van der Waals surface area contributed by atoms with Crippen molar-refractivity contribution in [2.75, 3.05) is 25.0 Å². The zero-order chi connectivity index (χ0) is 18.7. The Labute approximate surface area is 154 Å². The Bertz CT molecular complexity index is 804. The first kappa shape index (κ1) is 18.1. The molecule has 2 aromatic rings. The molecule has 1 aromatic heterocycles. The molecule has 1 fully saturated rings. The third-order valence-electron chi connectivity index (χ3n) is 4.98. The van der Waals surface area contributed by atoms with Gasteiger partial charge in [-0.3, -0.25) is 14.6 Å². The molecule has 136 valence electrons. The smallest absolute Gasteiger partial charge is 0.227 e. The van der Waals surface area contributed by atoms with Crippen LogP contribution in [0.4, 0.5) is 5.69 Å². The number of hydrogen-bond acceptors (Lipinski definition) is 3. The van der Waals surface area contributed by atoms with Crippen LogP contribution >= 0.6 is 0 Å². The van der Waals surface area contributed by atoms with Gasteiger partial charge < -0.3 is 9.80 Å².